The van der Waals surface area contributed by atoms with E-state index in [1.165, 1.54) is 11.5 Å². The van der Waals surface area contributed by atoms with Crippen molar-refractivity contribution in [1.29, 1.82) is 0 Å². The number of nitrogens with zero attached hydrogens (tertiary/aromatic N) is 2. The Morgan fingerprint density at radius 2 is 1.96 bits per heavy atom. The fourth-order valence-corrected chi connectivity index (χ4v) is 4.39. The standard InChI is InChI=1S/C18H20N2O2S2/c1-12-11-23-15-14(12)19-24-16(15)20(17(21)22-18(2,3)4)10-13-8-6-5-7-9-13/h5-9,11H,10H2,1-4H3. The van der Waals surface area contributed by atoms with Crippen LogP contribution in [0.2, 0.25) is 0 Å². The van der Waals surface area contributed by atoms with E-state index in [1.807, 2.05) is 58.0 Å². The molecule has 2 aromatic heterocycles. The van der Waals surface area contributed by atoms with Gasteiger partial charge in [-0.2, -0.15) is 4.37 Å². The second-order valence-corrected chi connectivity index (χ2v) is 8.27. The fraction of sp³-hybridized carbons (Fsp3) is 0.333. The fourth-order valence-electron chi connectivity index (χ4n) is 2.31. The highest BCUT2D eigenvalue weighted by Crippen LogP contribution is 2.38. The van der Waals surface area contributed by atoms with Crippen LogP contribution in [0.15, 0.2) is 35.7 Å². The van der Waals surface area contributed by atoms with Crippen molar-refractivity contribution in [3.63, 3.8) is 0 Å². The van der Waals surface area contributed by atoms with Gasteiger partial charge in [0.2, 0.25) is 0 Å². The molecule has 0 aliphatic rings. The zero-order valence-electron chi connectivity index (χ0n) is 14.2. The van der Waals surface area contributed by atoms with E-state index in [2.05, 4.69) is 9.75 Å². The molecule has 3 aromatic rings. The van der Waals surface area contributed by atoms with Gasteiger partial charge in [-0.15, -0.1) is 11.3 Å². The van der Waals surface area contributed by atoms with E-state index in [0.29, 0.717) is 6.54 Å². The molecule has 0 aliphatic heterocycles. The summed E-state index contributed by atoms with van der Waals surface area (Å²) >= 11 is 2.97. The third kappa shape index (κ3) is 3.60. The molecule has 0 fully saturated rings. The highest BCUT2D eigenvalue weighted by atomic mass is 32.1. The summed E-state index contributed by atoms with van der Waals surface area (Å²) in [6.07, 6.45) is -0.344. The molecule has 0 saturated carbocycles. The van der Waals surface area contributed by atoms with Gasteiger partial charge in [0.1, 0.15) is 10.6 Å². The third-order valence-corrected chi connectivity index (χ3v) is 5.50. The maximum Gasteiger partial charge on any atom is 0.415 e. The predicted octanol–water partition coefficient (Wildman–Crippen LogP) is 5.61. The van der Waals surface area contributed by atoms with Crippen LogP contribution < -0.4 is 4.90 Å². The van der Waals surface area contributed by atoms with E-state index in [9.17, 15) is 4.79 Å². The van der Waals surface area contributed by atoms with Gasteiger partial charge in [0.15, 0.2) is 0 Å². The molecule has 1 aromatic carbocycles. The normalized spacial score (nSPS) is 11.7. The van der Waals surface area contributed by atoms with E-state index < -0.39 is 5.60 Å². The van der Waals surface area contributed by atoms with Gasteiger partial charge in [-0.25, -0.2) is 4.79 Å². The number of amides is 1. The van der Waals surface area contributed by atoms with Gasteiger partial charge >= 0.3 is 6.09 Å². The SMILES string of the molecule is Cc1csc2c(N(Cc3ccccc3)C(=O)OC(C)(C)C)snc12. The third-order valence-electron chi connectivity index (χ3n) is 3.40. The monoisotopic (exact) mass is 360 g/mol. The maximum absolute atomic E-state index is 12.8. The van der Waals surface area contributed by atoms with E-state index >= 15 is 0 Å². The maximum atomic E-state index is 12.8. The number of carbonyl (C=O) groups excluding carboxylic acids is 1. The molecule has 1 amide bonds. The first-order chi connectivity index (χ1) is 11.3. The van der Waals surface area contributed by atoms with Crippen LogP contribution in [0.3, 0.4) is 0 Å². The summed E-state index contributed by atoms with van der Waals surface area (Å²) in [6, 6.07) is 9.93. The Kier molecular flexibility index (Phi) is 4.60. The molecule has 0 N–H and O–H groups in total. The van der Waals surface area contributed by atoms with Crippen molar-refractivity contribution < 1.29 is 9.53 Å². The van der Waals surface area contributed by atoms with Crippen molar-refractivity contribution in [2.75, 3.05) is 4.90 Å². The van der Waals surface area contributed by atoms with Gasteiger partial charge in [0.25, 0.3) is 0 Å². The van der Waals surface area contributed by atoms with Crippen molar-refractivity contribution in [2.24, 2.45) is 0 Å². The Morgan fingerprint density at radius 1 is 1.25 bits per heavy atom. The summed E-state index contributed by atoms with van der Waals surface area (Å²) in [5, 5.41) is 2.92. The molecule has 0 saturated heterocycles. The molecular formula is C18H20N2O2S2. The number of hydrogen-bond acceptors (Lipinski definition) is 5. The number of benzene rings is 1. The predicted molar refractivity (Wildman–Crippen MR) is 101 cm³/mol. The number of carbonyl (C=O) groups is 1. The minimum absolute atomic E-state index is 0.344. The number of rotatable bonds is 3. The van der Waals surface area contributed by atoms with Crippen LogP contribution in [0.1, 0.15) is 31.9 Å². The Balaban J connectivity index is 1.99. The molecule has 0 bridgehead atoms. The second-order valence-electron chi connectivity index (χ2n) is 6.64. The molecule has 6 heteroatoms. The minimum atomic E-state index is -0.540. The van der Waals surface area contributed by atoms with Crippen LogP contribution >= 0.6 is 22.9 Å². The molecular weight excluding hydrogens is 340 g/mol. The van der Waals surface area contributed by atoms with Crippen molar-refractivity contribution in [3.8, 4) is 0 Å². The second kappa shape index (κ2) is 6.53. The molecule has 2 heterocycles. The molecule has 0 aliphatic carbocycles. The number of aromatic nitrogens is 1. The van der Waals surface area contributed by atoms with Gasteiger partial charge in [0, 0.05) is 0 Å². The number of aryl methyl sites for hydroxylation is 1. The number of thiophene rings is 1. The minimum Gasteiger partial charge on any atom is -0.443 e. The van der Waals surface area contributed by atoms with Crippen LogP contribution in [-0.2, 0) is 11.3 Å². The lowest BCUT2D eigenvalue weighted by Crippen LogP contribution is -2.36. The molecule has 126 valence electrons. The number of hydrogen-bond donors (Lipinski definition) is 0. The highest BCUT2D eigenvalue weighted by Gasteiger charge is 2.27. The molecule has 24 heavy (non-hydrogen) atoms. The van der Waals surface area contributed by atoms with Crippen LogP contribution in [0.4, 0.5) is 9.80 Å². The summed E-state index contributed by atoms with van der Waals surface area (Å²) in [5.74, 6) is 0. The smallest absolute Gasteiger partial charge is 0.415 e. The van der Waals surface area contributed by atoms with E-state index in [-0.39, 0.29) is 6.09 Å². The van der Waals surface area contributed by atoms with Gasteiger partial charge in [-0.1, -0.05) is 30.3 Å². The topological polar surface area (TPSA) is 42.4 Å². The van der Waals surface area contributed by atoms with Crippen molar-refractivity contribution >= 4 is 44.2 Å². The Hall–Kier alpha value is -1.92. The average Bonchev–Trinajstić information content (AvgIpc) is 3.08. The first kappa shape index (κ1) is 16.9. The number of anilines is 1. The van der Waals surface area contributed by atoms with Crippen LogP contribution in [0, 0.1) is 6.92 Å². The van der Waals surface area contributed by atoms with Crippen molar-refractivity contribution in [1.82, 2.24) is 4.37 Å². The van der Waals surface area contributed by atoms with E-state index in [0.717, 1.165) is 26.3 Å². The summed E-state index contributed by atoms with van der Waals surface area (Å²) in [6.45, 7) is 8.14. The largest absolute Gasteiger partial charge is 0.443 e. The first-order valence-corrected chi connectivity index (χ1v) is 9.38. The Bertz CT molecular complexity index is 847. The molecule has 3 rings (SSSR count). The van der Waals surface area contributed by atoms with E-state index in [4.69, 9.17) is 4.74 Å². The lowest BCUT2D eigenvalue weighted by Gasteiger charge is -2.26. The van der Waals surface area contributed by atoms with Gasteiger partial charge in [-0.05, 0) is 55.7 Å². The first-order valence-electron chi connectivity index (χ1n) is 7.73. The molecule has 0 spiro atoms. The summed E-state index contributed by atoms with van der Waals surface area (Å²) in [4.78, 5) is 14.5. The zero-order valence-corrected chi connectivity index (χ0v) is 15.8. The summed E-state index contributed by atoms with van der Waals surface area (Å²) < 4.78 is 11.2. The molecule has 4 nitrogen and oxygen atoms in total. The Morgan fingerprint density at radius 3 is 2.62 bits per heavy atom. The Labute approximate surface area is 149 Å². The summed E-state index contributed by atoms with van der Waals surface area (Å²) in [5.41, 5.74) is 2.63. The van der Waals surface area contributed by atoms with Crippen molar-refractivity contribution in [3.05, 3.63) is 46.8 Å². The number of fused-ring (bicyclic) bond motifs is 1. The quantitative estimate of drug-likeness (QED) is 0.610. The van der Waals surface area contributed by atoms with Crippen LogP contribution in [0.25, 0.3) is 10.2 Å². The lowest BCUT2D eigenvalue weighted by molar-refractivity contribution is 0.0579. The van der Waals surface area contributed by atoms with Crippen molar-refractivity contribution in [2.45, 2.75) is 39.8 Å². The molecule has 0 unspecified atom stereocenters. The zero-order chi connectivity index (χ0) is 17.3. The van der Waals surface area contributed by atoms with Crippen LogP contribution in [0.5, 0.6) is 0 Å². The average molecular weight is 361 g/mol. The molecule has 0 radical (unpaired) electrons. The molecule has 0 atom stereocenters. The van der Waals surface area contributed by atoms with E-state index in [1.54, 1.807) is 16.2 Å². The van der Waals surface area contributed by atoms with Gasteiger partial charge in [0.05, 0.1) is 16.8 Å². The lowest BCUT2D eigenvalue weighted by atomic mass is 10.2. The van der Waals surface area contributed by atoms with Gasteiger partial charge < -0.3 is 4.74 Å². The summed E-state index contributed by atoms with van der Waals surface area (Å²) in [7, 11) is 0. The number of ether oxygens (including phenoxy) is 1. The highest BCUT2D eigenvalue weighted by molar-refractivity contribution is 7.23. The van der Waals surface area contributed by atoms with Gasteiger partial charge in [-0.3, -0.25) is 4.90 Å². The van der Waals surface area contributed by atoms with Crippen LogP contribution in [-0.4, -0.2) is 16.1 Å².